The lowest BCUT2D eigenvalue weighted by Gasteiger charge is -2.37. The lowest BCUT2D eigenvalue weighted by molar-refractivity contribution is 0.116. The lowest BCUT2D eigenvalue weighted by Crippen LogP contribution is -2.40. The van der Waals surface area contributed by atoms with Crippen LogP contribution in [0.2, 0.25) is 0 Å². The maximum absolute atomic E-state index is 5.51. The minimum absolute atomic E-state index is 0.391. The Hall–Kier alpha value is -1.50. The first-order chi connectivity index (χ1) is 10.1. The van der Waals surface area contributed by atoms with Gasteiger partial charge in [0.05, 0.1) is 13.7 Å². The largest absolute Gasteiger partial charge is 0.496 e. The van der Waals surface area contributed by atoms with E-state index in [1.807, 2.05) is 12.1 Å². The van der Waals surface area contributed by atoms with E-state index in [2.05, 4.69) is 36.7 Å². The summed E-state index contributed by atoms with van der Waals surface area (Å²) in [6, 6.07) is 6.76. The molecular weight excluding hydrogens is 260 g/mol. The van der Waals surface area contributed by atoms with E-state index in [9.17, 15) is 0 Å². The van der Waals surface area contributed by atoms with Crippen LogP contribution in [0.4, 0.5) is 0 Å². The van der Waals surface area contributed by atoms with Gasteiger partial charge in [0, 0.05) is 30.3 Å². The molecule has 1 fully saturated rings. The third-order valence-corrected chi connectivity index (χ3v) is 4.24. The summed E-state index contributed by atoms with van der Waals surface area (Å²) in [5, 5.41) is 0. The van der Waals surface area contributed by atoms with Gasteiger partial charge >= 0.3 is 0 Å². The highest BCUT2D eigenvalue weighted by atomic mass is 16.5. The number of nitrogens with two attached hydrogens (primary N) is 1. The molecule has 0 aliphatic carbocycles. The van der Waals surface area contributed by atoms with Gasteiger partial charge in [-0.2, -0.15) is 0 Å². The molecule has 3 heteroatoms. The second kappa shape index (κ2) is 7.49. The van der Waals surface area contributed by atoms with Crippen molar-refractivity contribution in [3.63, 3.8) is 0 Å². The standard InChI is InChI=1S/C18H26N2O/c1-14-6-7-15(2)20(12-14)13-17-11-16(5-4-10-19)8-9-18(17)21-3/h8-9,11,14-15H,6-7,10,12-13,19H2,1-3H3. The van der Waals surface area contributed by atoms with Gasteiger partial charge in [0.1, 0.15) is 5.75 Å². The van der Waals surface area contributed by atoms with Gasteiger partial charge in [0.15, 0.2) is 0 Å². The van der Waals surface area contributed by atoms with Crippen LogP contribution in [0.25, 0.3) is 0 Å². The average Bonchev–Trinajstić information content (AvgIpc) is 2.49. The Balaban J connectivity index is 2.20. The fourth-order valence-corrected chi connectivity index (χ4v) is 2.95. The monoisotopic (exact) mass is 286 g/mol. The second-order valence-corrected chi connectivity index (χ2v) is 5.99. The summed E-state index contributed by atoms with van der Waals surface area (Å²) in [4.78, 5) is 2.55. The smallest absolute Gasteiger partial charge is 0.123 e. The molecule has 1 aliphatic rings. The van der Waals surface area contributed by atoms with Crippen molar-refractivity contribution in [1.29, 1.82) is 0 Å². The Bertz CT molecular complexity index is 530. The molecule has 2 atom stereocenters. The number of benzene rings is 1. The number of hydrogen-bond donors (Lipinski definition) is 1. The Morgan fingerprint density at radius 3 is 2.86 bits per heavy atom. The van der Waals surface area contributed by atoms with Crippen molar-refractivity contribution in [2.45, 2.75) is 39.3 Å². The minimum atomic E-state index is 0.391. The Kier molecular flexibility index (Phi) is 5.67. The van der Waals surface area contributed by atoms with E-state index in [1.54, 1.807) is 7.11 Å². The quantitative estimate of drug-likeness (QED) is 0.868. The van der Waals surface area contributed by atoms with Crippen LogP contribution in [0.1, 0.15) is 37.8 Å². The molecule has 0 aromatic heterocycles. The zero-order valence-electron chi connectivity index (χ0n) is 13.4. The topological polar surface area (TPSA) is 38.5 Å². The number of rotatable bonds is 3. The highest BCUT2D eigenvalue weighted by Crippen LogP contribution is 2.27. The van der Waals surface area contributed by atoms with Crippen molar-refractivity contribution >= 4 is 0 Å². The van der Waals surface area contributed by atoms with Crippen molar-refractivity contribution in [3.8, 4) is 17.6 Å². The first-order valence-electron chi connectivity index (χ1n) is 7.74. The molecule has 1 aliphatic heterocycles. The molecule has 1 aromatic carbocycles. The SMILES string of the molecule is COc1ccc(C#CCN)cc1CN1CC(C)CCC1C. The van der Waals surface area contributed by atoms with E-state index in [4.69, 9.17) is 10.5 Å². The normalized spacial score (nSPS) is 22.5. The molecule has 2 unspecified atom stereocenters. The Morgan fingerprint density at radius 2 is 2.14 bits per heavy atom. The van der Waals surface area contributed by atoms with Gasteiger partial charge < -0.3 is 10.5 Å². The number of methoxy groups -OCH3 is 1. The van der Waals surface area contributed by atoms with Crippen LogP contribution in [0.15, 0.2) is 18.2 Å². The number of hydrogen-bond acceptors (Lipinski definition) is 3. The van der Waals surface area contributed by atoms with Crippen LogP contribution in [0, 0.1) is 17.8 Å². The molecule has 1 saturated heterocycles. The van der Waals surface area contributed by atoms with Gasteiger partial charge in [0.2, 0.25) is 0 Å². The van der Waals surface area contributed by atoms with Crippen LogP contribution >= 0.6 is 0 Å². The zero-order chi connectivity index (χ0) is 15.2. The summed E-state index contributed by atoms with van der Waals surface area (Å²) < 4.78 is 5.51. The van der Waals surface area contributed by atoms with Gasteiger partial charge in [0.25, 0.3) is 0 Å². The molecule has 3 nitrogen and oxygen atoms in total. The molecule has 21 heavy (non-hydrogen) atoms. The van der Waals surface area contributed by atoms with E-state index >= 15 is 0 Å². The predicted molar refractivity (Wildman–Crippen MR) is 87.2 cm³/mol. The van der Waals surface area contributed by atoms with Crippen LogP contribution in [-0.2, 0) is 6.54 Å². The van der Waals surface area contributed by atoms with Crippen LogP contribution in [0.3, 0.4) is 0 Å². The van der Waals surface area contributed by atoms with Gasteiger partial charge in [-0.15, -0.1) is 0 Å². The summed E-state index contributed by atoms with van der Waals surface area (Å²) >= 11 is 0. The third-order valence-electron chi connectivity index (χ3n) is 4.24. The maximum atomic E-state index is 5.51. The van der Waals surface area contributed by atoms with Crippen molar-refractivity contribution in [2.75, 3.05) is 20.2 Å². The van der Waals surface area contributed by atoms with Gasteiger partial charge in [-0.05, 0) is 43.9 Å². The zero-order valence-corrected chi connectivity index (χ0v) is 13.4. The Morgan fingerprint density at radius 1 is 1.33 bits per heavy atom. The van der Waals surface area contributed by atoms with Gasteiger partial charge in [-0.3, -0.25) is 4.90 Å². The van der Waals surface area contributed by atoms with Crippen LogP contribution in [-0.4, -0.2) is 31.1 Å². The lowest BCUT2D eigenvalue weighted by atomic mass is 9.94. The Labute approximate surface area is 128 Å². The minimum Gasteiger partial charge on any atom is -0.496 e. The highest BCUT2D eigenvalue weighted by molar-refractivity contribution is 5.44. The molecule has 0 saturated carbocycles. The number of ether oxygens (including phenoxy) is 1. The van der Waals surface area contributed by atoms with Crippen molar-refractivity contribution < 1.29 is 4.74 Å². The second-order valence-electron chi connectivity index (χ2n) is 5.99. The van der Waals surface area contributed by atoms with Crippen LogP contribution < -0.4 is 10.5 Å². The fraction of sp³-hybridized carbons (Fsp3) is 0.556. The molecule has 0 radical (unpaired) electrons. The summed E-state index contributed by atoms with van der Waals surface area (Å²) in [5.74, 6) is 7.73. The van der Waals surface area contributed by atoms with Gasteiger partial charge in [-0.1, -0.05) is 18.8 Å². The summed E-state index contributed by atoms with van der Waals surface area (Å²) in [6.07, 6.45) is 2.60. The van der Waals surface area contributed by atoms with Crippen molar-refractivity contribution in [3.05, 3.63) is 29.3 Å². The number of likely N-dealkylation sites (tertiary alicyclic amines) is 1. The summed E-state index contributed by atoms with van der Waals surface area (Å²) in [5.41, 5.74) is 7.67. The molecule has 0 spiro atoms. The molecule has 1 heterocycles. The first kappa shape index (κ1) is 15.9. The molecule has 0 amide bonds. The van der Waals surface area contributed by atoms with Crippen molar-refractivity contribution in [1.82, 2.24) is 4.90 Å². The first-order valence-corrected chi connectivity index (χ1v) is 7.74. The fourth-order valence-electron chi connectivity index (χ4n) is 2.95. The molecule has 2 N–H and O–H groups in total. The van der Waals surface area contributed by atoms with E-state index in [0.29, 0.717) is 12.6 Å². The maximum Gasteiger partial charge on any atom is 0.123 e. The highest BCUT2D eigenvalue weighted by Gasteiger charge is 2.23. The molecule has 0 bridgehead atoms. The van der Waals surface area contributed by atoms with E-state index in [-0.39, 0.29) is 0 Å². The van der Waals surface area contributed by atoms with E-state index < -0.39 is 0 Å². The summed E-state index contributed by atoms with van der Waals surface area (Å²) in [6.45, 7) is 7.12. The molecule has 2 rings (SSSR count). The molecule has 1 aromatic rings. The van der Waals surface area contributed by atoms with Crippen LogP contribution in [0.5, 0.6) is 5.75 Å². The molecular formula is C18H26N2O. The molecule has 114 valence electrons. The van der Waals surface area contributed by atoms with E-state index in [0.717, 1.165) is 30.3 Å². The predicted octanol–water partition coefficient (Wildman–Crippen LogP) is 2.63. The number of piperidine rings is 1. The number of nitrogens with zero attached hydrogens (tertiary/aromatic N) is 1. The third kappa shape index (κ3) is 4.23. The van der Waals surface area contributed by atoms with Crippen molar-refractivity contribution in [2.24, 2.45) is 11.7 Å². The van der Waals surface area contributed by atoms with E-state index in [1.165, 1.54) is 18.4 Å². The summed E-state index contributed by atoms with van der Waals surface area (Å²) in [7, 11) is 1.73. The average molecular weight is 286 g/mol. The van der Waals surface area contributed by atoms with Gasteiger partial charge in [-0.25, -0.2) is 0 Å².